The van der Waals surface area contributed by atoms with Crippen molar-refractivity contribution in [2.75, 3.05) is 0 Å². The third kappa shape index (κ3) is 4.76. The van der Waals surface area contributed by atoms with E-state index < -0.39 is 39.9 Å². The summed E-state index contributed by atoms with van der Waals surface area (Å²) in [5, 5.41) is 0. The van der Waals surface area contributed by atoms with Crippen LogP contribution >= 0.6 is 27.7 Å². The Labute approximate surface area is 118 Å². The number of alkyl halides is 6. The number of hydrogen-bond donors (Lipinski definition) is 0. The topological polar surface area (TPSA) is 17.1 Å². The Kier molecular flexibility index (Phi) is 5.37. The van der Waals surface area contributed by atoms with Crippen molar-refractivity contribution in [2.45, 2.75) is 28.6 Å². The summed E-state index contributed by atoms with van der Waals surface area (Å²) >= 11 is 2.48. The smallest absolute Gasteiger partial charge is 0.298 e. The molecule has 0 amide bonds. The van der Waals surface area contributed by atoms with E-state index in [1.165, 1.54) is 0 Å². The number of Topliss-reactive ketones (excluding diaryl/α,β-unsaturated/α-hetero) is 1. The number of rotatable bonds is 4. The average Bonchev–Trinajstić information content (AvgIpc) is 2.26. The van der Waals surface area contributed by atoms with E-state index >= 15 is 0 Å². The molecule has 0 aromatic heterocycles. The molecule has 1 unspecified atom stereocenters. The van der Waals surface area contributed by atoms with Gasteiger partial charge in [0.2, 0.25) is 0 Å². The van der Waals surface area contributed by atoms with E-state index in [4.69, 9.17) is 0 Å². The van der Waals surface area contributed by atoms with Crippen LogP contribution in [0.4, 0.5) is 22.0 Å². The molecule has 0 saturated heterocycles. The number of hydrogen-bond acceptors (Lipinski definition) is 2. The Balaban J connectivity index is 3.26. The molecule has 19 heavy (non-hydrogen) atoms. The first kappa shape index (κ1) is 16.4. The van der Waals surface area contributed by atoms with Crippen LogP contribution in [0.1, 0.15) is 29.3 Å². The van der Waals surface area contributed by atoms with Crippen molar-refractivity contribution in [1.82, 2.24) is 0 Å². The molecule has 0 fully saturated rings. The van der Waals surface area contributed by atoms with Crippen molar-refractivity contribution in [3.8, 4) is 0 Å². The fourth-order valence-electron chi connectivity index (χ4n) is 1.34. The molecule has 0 radical (unpaired) electrons. The van der Waals surface area contributed by atoms with Crippen molar-refractivity contribution >= 4 is 33.5 Å². The van der Waals surface area contributed by atoms with Crippen LogP contribution in [-0.2, 0) is 4.79 Å². The second-order valence-electron chi connectivity index (χ2n) is 3.62. The molecule has 106 valence electrons. The third-order valence-corrected chi connectivity index (χ3v) is 4.10. The van der Waals surface area contributed by atoms with E-state index in [9.17, 15) is 26.7 Å². The van der Waals surface area contributed by atoms with Gasteiger partial charge in [-0.3, -0.25) is 4.79 Å². The fraction of sp³-hybridized carbons (Fsp3) is 0.364. The highest BCUT2D eigenvalue weighted by molar-refractivity contribution is 9.09. The lowest BCUT2D eigenvalue weighted by Crippen LogP contribution is -2.07. The molecule has 0 saturated carbocycles. The Morgan fingerprint density at radius 1 is 1.32 bits per heavy atom. The minimum Gasteiger partial charge on any atom is -0.298 e. The molecule has 0 aliphatic heterocycles. The summed E-state index contributed by atoms with van der Waals surface area (Å²) in [4.78, 5) is 9.90. The summed E-state index contributed by atoms with van der Waals surface area (Å²) in [7, 11) is 0. The van der Waals surface area contributed by atoms with Crippen molar-refractivity contribution in [1.29, 1.82) is 0 Å². The lowest BCUT2D eigenvalue weighted by Gasteiger charge is -2.15. The molecule has 0 N–H and O–H groups in total. The molecule has 0 aliphatic carbocycles. The first-order chi connectivity index (χ1) is 8.61. The van der Waals surface area contributed by atoms with Gasteiger partial charge in [-0.2, -0.15) is 13.2 Å². The fourth-order valence-corrected chi connectivity index (χ4v) is 2.55. The lowest BCUT2D eigenvalue weighted by atomic mass is 10.1. The molecule has 8 heteroatoms. The molecule has 1 aromatic rings. The van der Waals surface area contributed by atoms with Gasteiger partial charge < -0.3 is 0 Å². The van der Waals surface area contributed by atoms with Crippen molar-refractivity contribution in [3.05, 3.63) is 29.3 Å². The molecule has 1 aromatic carbocycles. The van der Waals surface area contributed by atoms with Crippen molar-refractivity contribution in [2.24, 2.45) is 0 Å². The molecular weight excluding hydrogens is 355 g/mol. The van der Waals surface area contributed by atoms with E-state index in [-0.39, 0.29) is 10.5 Å². The van der Waals surface area contributed by atoms with Crippen LogP contribution in [0.2, 0.25) is 0 Å². The monoisotopic (exact) mass is 362 g/mol. The highest BCUT2D eigenvalue weighted by Gasteiger charge is 2.32. The second kappa shape index (κ2) is 6.21. The summed E-state index contributed by atoms with van der Waals surface area (Å²) in [5.74, 6) is -0.463. The highest BCUT2D eigenvalue weighted by atomic mass is 79.9. The Bertz CT molecular complexity index is 475. The molecule has 1 atom stereocenters. The van der Waals surface area contributed by atoms with Crippen LogP contribution in [0.3, 0.4) is 0 Å². The van der Waals surface area contributed by atoms with Gasteiger partial charge in [0, 0.05) is 10.5 Å². The molecule has 1 nitrogen and oxygen atoms in total. The first-order valence-corrected chi connectivity index (χ1v) is 6.67. The summed E-state index contributed by atoms with van der Waals surface area (Å²) in [6, 6.07) is 2.79. The normalized spacial score (nSPS) is 13.7. The van der Waals surface area contributed by atoms with Gasteiger partial charge in [0.1, 0.15) is 5.78 Å². The minimum atomic E-state index is -4.55. The summed E-state index contributed by atoms with van der Waals surface area (Å²) < 4.78 is 62.2. The number of benzene rings is 1. The Hall–Kier alpha value is -0.630. The van der Waals surface area contributed by atoms with Crippen LogP contribution in [0.25, 0.3) is 0 Å². The summed E-state index contributed by atoms with van der Waals surface area (Å²) in [6.45, 7) is 1.16. The van der Waals surface area contributed by atoms with Gasteiger partial charge in [0.05, 0.1) is 4.83 Å². The number of thioether (sulfide) groups is 1. The van der Waals surface area contributed by atoms with Gasteiger partial charge in [-0.25, -0.2) is 8.78 Å². The van der Waals surface area contributed by atoms with Gasteiger partial charge in [-0.15, -0.1) is 0 Å². The maximum absolute atomic E-state index is 12.6. The molecule has 0 spiro atoms. The van der Waals surface area contributed by atoms with Crippen LogP contribution < -0.4 is 0 Å². The van der Waals surface area contributed by atoms with E-state index in [1.807, 2.05) is 0 Å². The quantitative estimate of drug-likeness (QED) is 0.412. The van der Waals surface area contributed by atoms with Crippen LogP contribution in [0, 0.1) is 0 Å². The molecule has 0 bridgehead atoms. The largest absolute Gasteiger partial charge is 0.446 e. The number of carbonyl (C=O) groups is 1. The van der Waals surface area contributed by atoms with Gasteiger partial charge in [-0.05, 0) is 36.4 Å². The lowest BCUT2D eigenvalue weighted by molar-refractivity contribution is -0.116. The molecule has 1 rings (SSSR count). The van der Waals surface area contributed by atoms with Gasteiger partial charge in [-0.1, -0.05) is 22.0 Å². The van der Waals surface area contributed by atoms with Gasteiger partial charge >= 0.3 is 5.51 Å². The predicted octanol–water partition coefficient (Wildman–Crippen LogP) is 5.26. The minimum absolute atomic E-state index is 0.104. The third-order valence-electron chi connectivity index (χ3n) is 2.14. The van der Waals surface area contributed by atoms with E-state index in [2.05, 4.69) is 15.9 Å². The molecule has 0 heterocycles. The Morgan fingerprint density at radius 3 is 2.32 bits per heavy atom. The Morgan fingerprint density at radius 2 is 1.89 bits per heavy atom. The van der Waals surface area contributed by atoms with Crippen molar-refractivity contribution < 1.29 is 26.7 Å². The number of ketones is 1. The average molecular weight is 363 g/mol. The predicted molar refractivity (Wildman–Crippen MR) is 65.7 cm³/mol. The van der Waals surface area contributed by atoms with E-state index in [1.54, 1.807) is 0 Å². The SMILES string of the molecule is CC(=O)C(Br)c1cc(C(F)F)ccc1SC(F)(F)F. The first-order valence-electron chi connectivity index (χ1n) is 4.94. The maximum atomic E-state index is 12.6. The zero-order valence-electron chi connectivity index (χ0n) is 9.47. The standard InChI is InChI=1S/C11H8BrF5OS/c1-5(18)9(12)7-4-6(10(13)14)2-3-8(7)19-11(15,16)17/h2-4,9-10H,1H3. The number of halogens is 6. The number of carbonyl (C=O) groups excluding carboxylic acids is 1. The summed E-state index contributed by atoms with van der Waals surface area (Å²) in [5.41, 5.74) is -5.08. The second-order valence-corrected chi connectivity index (χ2v) is 5.64. The summed E-state index contributed by atoms with van der Waals surface area (Å²) in [6.07, 6.45) is -2.81. The van der Waals surface area contributed by atoms with Gasteiger partial charge in [0.25, 0.3) is 6.43 Å². The van der Waals surface area contributed by atoms with Gasteiger partial charge in [0.15, 0.2) is 0 Å². The zero-order valence-corrected chi connectivity index (χ0v) is 11.9. The molecular formula is C11H8BrF5OS. The van der Waals surface area contributed by atoms with Crippen molar-refractivity contribution in [3.63, 3.8) is 0 Å². The van der Waals surface area contributed by atoms with Crippen LogP contribution in [0.5, 0.6) is 0 Å². The van der Waals surface area contributed by atoms with E-state index in [0.717, 1.165) is 25.1 Å². The maximum Gasteiger partial charge on any atom is 0.446 e. The zero-order chi connectivity index (χ0) is 14.8. The van der Waals surface area contributed by atoms with Crippen LogP contribution in [-0.4, -0.2) is 11.3 Å². The molecule has 0 aliphatic rings. The highest BCUT2D eigenvalue weighted by Crippen LogP contribution is 2.43. The van der Waals surface area contributed by atoms with Crippen LogP contribution in [0.15, 0.2) is 23.1 Å². The van der Waals surface area contributed by atoms with E-state index in [0.29, 0.717) is 0 Å².